The minimum Gasteiger partial charge on any atom is -0.454 e. The van der Waals surface area contributed by atoms with Gasteiger partial charge in [-0.15, -0.1) is 0 Å². The molecule has 0 amide bonds. The molecular weight excluding hydrogens is 278 g/mol. The van der Waals surface area contributed by atoms with Gasteiger partial charge in [-0.25, -0.2) is 0 Å². The molecule has 3 atom stereocenters. The monoisotopic (exact) mass is 301 g/mol. The van der Waals surface area contributed by atoms with Gasteiger partial charge in [-0.3, -0.25) is 4.90 Å². The Kier molecular flexibility index (Phi) is 2.77. The average molecular weight is 301 g/mol. The van der Waals surface area contributed by atoms with Crippen LogP contribution in [0, 0.1) is 5.92 Å². The Morgan fingerprint density at radius 3 is 2.86 bits per heavy atom. The van der Waals surface area contributed by atoms with Crippen LogP contribution in [0.25, 0.3) is 0 Å². The van der Waals surface area contributed by atoms with Crippen LogP contribution in [0.15, 0.2) is 12.1 Å². The molecule has 0 radical (unpaired) electrons. The Morgan fingerprint density at radius 2 is 2.00 bits per heavy atom. The van der Waals surface area contributed by atoms with E-state index < -0.39 is 0 Å². The normalized spacial score (nSPS) is 35.9. The molecule has 3 aliphatic heterocycles. The van der Waals surface area contributed by atoms with Crippen molar-refractivity contribution >= 4 is 0 Å². The SMILES string of the molecule is CO[C@@H]1CC[C@@H]2CCN3CCc4cc5c(cc4[C@@]23C1)OCO5. The van der Waals surface area contributed by atoms with Crippen LogP contribution in [0.1, 0.15) is 36.8 Å². The quantitative estimate of drug-likeness (QED) is 0.798. The van der Waals surface area contributed by atoms with Gasteiger partial charge in [0.25, 0.3) is 0 Å². The van der Waals surface area contributed by atoms with E-state index in [1.54, 1.807) is 0 Å². The summed E-state index contributed by atoms with van der Waals surface area (Å²) in [5, 5.41) is 0. The molecular formula is C18H23NO3. The first-order valence-electron chi connectivity index (χ1n) is 8.52. The molecule has 3 heterocycles. The summed E-state index contributed by atoms with van der Waals surface area (Å²) in [4.78, 5) is 2.73. The molecule has 2 fully saturated rings. The van der Waals surface area contributed by atoms with Crippen LogP contribution in [0.4, 0.5) is 0 Å². The van der Waals surface area contributed by atoms with Crippen molar-refractivity contribution in [2.45, 2.75) is 43.7 Å². The summed E-state index contributed by atoms with van der Waals surface area (Å²) in [7, 11) is 1.87. The van der Waals surface area contributed by atoms with Crippen molar-refractivity contribution in [1.29, 1.82) is 0 Å². The van der Waals surface area contributed by atoms with Gasteiger partial charge in [0.1, 0.15) is 0 Å². The number of hydrogen-bond donors (Lipinski definition) is 0. The molecule has 0 aromatic heterocycles. The summed E-state index contributed by atoms with van der Waals surface area (Å²) in [6, 6.07) is 4.51. The number of rotatable bonds is 1. The summed E-state index contributed by atoms with van der Waals surface area (Å²) < 4.78 is 17.0. The molecule has 1 spiro atoms. The van der Waals surface area contributed by atoms with E-state index in [1.165, 1.54) is 43.5 Å². The van der Waals surface area contributed by atoms with E-state index in [0.29, 0.717) is 12.9 Å². The number of ether oxygens (including phenoxy) is 3. The van der Waals surface area contributed by atoms with E-state index in [0.717, 1.165) is 30.3 Å². The number of hydrogen-bond acceptors (Lipinski definition) is 4. The molecule has 4 nitrogen and oxygen atoms in total. The van der Waals surface area contributed by atoms with Crippen LogP contribution in [-0.2, 0) is 16.7 Å². The lowest BCUT2D eigenvalue weighted by Crippen LogP contribution is -2.53. The zero-order valence-electron chi connectivity index (χ0n) is 13.1. The van der Waals surface area contributed by atoms with Crippen molar-refractivity contribution < 1.29 is 14.2 Å². The number of methoxy groups -OCH3 is 1. The summed E-state index contributed by atoms with van der Waals surface area (Å²) in [5.74, 6) is 2.62. The summed E-state index contributed by atoms with van der Waals surface area (Å²) in [5.41, 5.74) is 3.13. The van der Waals surface area contributed by atoms with E-state index in [1.807, 2.05) is 7.11 Å². The maximum absolute atomic E-state index is 5.77. The van der Waals surface area contributed by atoms with Crippen LogP contribution in [-0.4, -0.2) is 38.0 Å². The summed E-state index contributed by atoms with van der Waals surface area (Å²) in [6.45, 7) is 2.76. The first kappa shape index (κ1) is 13.2. The summed E-state index contributed by atoms with van der Waals surface area (Å²) in [6.07, 6.45) is 6.44. The molecule has 0 bridgehead atoms. The number of benzene rings is 1. The van der Waals surface area contributed by atoms with Crippen molar-refractivity contribution in [3.05, 3.63) is 23.3 Å². The van der Waals surface area contributed by atoms with Gasteiger partial charge in [-0.05, 0) is 67.8 Å². The highest BCUT2D eigenvalue weighted by molar-refractivity contribution is 5.53. The third-order valence-corrected chi connectivity index (χ3v) is 6.41. The Morgan fingerprint density at radius 1 is 1.14 bits per heavy atom. The molecule has 1 saturated heterocycles. The minimum absolute atomic E-state index is 0.174. The van der Waals surface area contributed by atoms with Crippen LogP contribution in [0.5, 0.6) is 11.5 Å². The second-order valence-corrected chi connectivity index (χ2v) is 7.15. The third-order valence-electron chi connectivity index (χ3n) is 6.41. The van der Waals surface area contributed by atoms with Gasteiger partial charge in [-0.2, -0.15) is 0 Å². The minimum atomic E-state index is 0.174. The zero-order valence-corrected chi connectivity index (χ0v) is 13.1. The van der Waals surface area contributed by atoms with Gasteiger partial charge in [0.15, 0.2) is 11.5 Å². The molecule has 1 aliphatic carbocycles. The molecule has 1 aromatic rings. The molecule has 118 valence electrons. The Labute approximate surface area is 131 Å². The fourth-order valence-electron chi connectivity index (χ4n) is 5.39. The van der Waals surface area contributed by atoms with Crippen molar-refractivity contribution in [2.24, 2.45) is 5.92 Å². The standard InChI is InChI=1S/C18H23NO3/c1-20-14-3-2-13-5-7-19-6-4-12-8-16-17(22-11-21-16)9-15(12)18(13,19)10-14/h8-9,13-14H,2-7,10-11H2,1H3/t13-,14-,18-/m1/s1. The molecule has 1 saturated carbocycles. The zero-order chi connectivity index (χ0) is 14.7. The number of fused-ring (bicyclic) bond motifs is 2. The lowest BCUT2D eigenvalue weighted by molar-refractivity contribution is -0.0341. The van der Waals surface area contributed by atoms with Crippen LogP contribution in [0.2, 0.25) is 0 Å². The Balaban J connectivity index is 1.67. The van der Waals surface area contributed by atoms with Crippen molar-refractivity contribution in [1.82, 2.24) is 4.90 Å². The van der Waals surface area contributed by atoms with Gasteiger partial charge in [0.05, 0.1) is 11.6 Å². The van der Waals surface area contributed by atoms with Gasteiger partial charge in [0.2, 0.25) is 6.79 Å². The molecule has 0 N–H and O–H groups in total. The first-order valence-corrected chi connectivity index (χ1v) is 8.52. The van der Waals surface area contributed by atoms with E-state index in [-0.39, 0.29) is 5.54 Å². The molecule has 4 heteroatoms. The van der Waals surface area contributed by atoms with E-state index in [4.69, 9.17) is 14.2 Å². The lowest BCUT2D eigenvalue weighted by Gasteiger charge is -2.51. The van der Waals surface area contributed by atoms with Gasteiger partial charge in [0, 0.05) is 13.7 Å². The summed E-state index contributed by atoms with van der Waals surface area (Å²) >= 11 is 0. The van der Waals surface area contributed by atoms with Crippen LogP contribution < -0.4 is 9.47 Å². The van der Waals surface area contributed by atoms with Crippen molar-refractivity contribution in [3.63, 3.8) is 0 Å². The smallest absolute Gasteiger partial charge is 0.231 e. The topological polar surface area (TPSA) is 30.9 Å². The van der Waals surface area contributed by atoms with Crippen molar-refractivity contribution in [3.8, 4) is 11.5 Å². The van der Waals surface area contributed by atoms with Gasteiger partial charge < -0.3 is 14.2 Å². The highest BCUT2D eigenvalue weighted by atomic mass is 16.7. The van der Waals surface area contributed by atoms with E-state index in [2.05, 4.69) is 17.0 Å². The Hall–Kier alpha value is -1.26. The predicted octanol–water partition coefficient (Wildman–Crippen LogP) is 2.69. The molecule has 0 unspecified atom stereocenters. The van der Waals surface area contributed by atoms with Crippen LogP contribution in [0.3, 0.4) is 0 Å². The van der Waals surface area contributed by atoms with E-state index >= 15 is 0 Å². The maximum atomic E-state index is 5.77. The highest BCUT2D eigenvalue weighted by Crippen LogP contribution is 2.56. The van der Waals surface area contributed by atoms with Gasteiger partial charge >= 0.3 is 0 Å². The second-order valence-electron chi connectivity index (χ2n) is 7.15. The third kappa shape index (κ3) is 1.60. The van der Waals surface area contributed by atoms with Gasteiger partial charge in [-0.1, -0.05) is 0 Å². The van der Waals surface area contributed by atoms with Crippen LogP contribution >= 0.6 is 0 Å². The predicted molar refractivity (Wildman–Crippen MR) is 82.3 cm³/mol. The Bertz CT molecular complexity index is 617. The molecule has 22 heavy (non-hydrogen) atoms. The fraction of sp³-hybridized carbons (Fsp3) is 0.667. The molecule has 4 aliphatic rings. The first-order chi connectivity index (χ1) is 10.8. The second kappa shape index (κ2) is 4.62. The lowest BCUT2D eigenvalue weighted by atomic mass is 9.66. The maximum Gasteiger partial charge on any atom is 0.231 e. The fourth-order valence-corrected chi connectivity index (χ4v) is 5.39. The van der Waals surface area contributed by atoms with Crippen molar-refractivity contribution in [2.75, 3.05) is 27.0 Å². The molecule has 1 aromatic carbocycles. The number of nitrogens with zero attached hydrogens (tertiary/aromatic N) is 1. The average Bonchev–Trinajstić information content (AvgIpc) is 3.16. The molecule has 5 rings (SSSR count). The van der Waals surface area contributed by atoms with E-state index in [9.17, 15) is 0 Å². The largest absolute Gasteiger partial charge is 0.454 e. The highest BCUT2D eigenvalue weighted by Gasteiger charge is 2.55.